The number of carbonyl (C=O) groups excluding carboxylic acids is 1. The van der Waals surface area contributed by atoms with Gasteiger partial charge in [-0.15, -0.1) is 0 Å². The quantitative estimate of drug-likeness (QED) is 0.692. The Morgan fingerprint density at radius 2 is 1.88 bits per heavy atom. The molecule has 0 radical (unpaired) electrons. The second-order valence-electron chi connectivity index (χ2n) is 3.23. The van der Waals surface area contributed by atoms with Crippen LogP contribution in [0.1, 0.15) is 16.8 Å². The molecule has 0 aliphatic carbocycles. The average molecular weight is 222 g/mol. The van der Waals surface area contributed by atoms with Crippen molar-refractivity contribution in [2.24, 2.45) is 0 Å². The van der Waals surface area contributed by atoms with Crippen LogP contribution in [-0.2, 0) is 4.79 Å². The number of carboxylic acids is 1. The van der Waals surface area contributed by atoms with Gasteiger partial charge in [0.05, 0.1) is 5.56 Å². The van der Waals surface area contributed by atoms with Gasteiger partial charge in [-0.1, -0.05) is 0 Å². The highest BCUT2D eigenvalue weighted by molar-refractivity contribution is 5.88. The number of nitrogens with one attached hydrogen (secondary N) is 2. The highest BCUT2D eigenvalue weighted by atomic mass is 16.4. The fourth-order valence-electron chi connectivity index (χ4n) is 1.18. The lowest BCUT2D eigenvalue weighted by molar-refractivity contribution is -0.120. The smallest absolute Gasteiger partial charge is 0.335 e. The minimum absolute atomic E-state index is 0.0327. The summed E-state index contributed by atoms with van der Waals surface area (Å²) in [7, 11) is 1.59. The van der Waals surface area contributed by atoms with Crippen LogP contribution in [0.15, 0.2) is 24.3 Å². The molecule has 1 aromatic rings. The number of amides is 1. The predicted molar refractivity (Wildman–Crippen MR) is 60.6 cm³/mol. The van der Waals surface area contributed by atoms with Gasteiger partial charge in [0.2, 0.25) is 5.91 Å². The molecule has 0 heterocycles. The zero-order valence-corrected chi connectivity index (χ0v) is 8.99. The Morgan fingerprint density at radius 1 is 1.25 bits per heavy atom. The molecule has 1 rings (SSSR count). The fourth-order valence-corrected chi connectivity index (χ4v) is 1.18. The van der Waals surface area contributed by atoms with Crippen molar-refractivity contribution in [1.29, 1.82) is 0 Å². The highest BCUT2D eigenvalue weighted by Crippen LogP contribution is 2.09. The minimum atomic E-state index is -0.947. The maximum atomic E-state index is 10.9. The van der Waals surface area contributed by atoms with E-state index < -0.39 is 5.97 Å². The van der Waals surface area contributed by atoms with Gasteiger partial charge in [0, 0.05) is 25.7 Å². The van der Waals surface area contributed by atoms with E-state index in [0.717, 1.165) is 5.69 Å². The van der Waals surface area contributed by atoms with Crippen molar-refractivity contribution < 1.29 is 14.7 Å². The minimum Gasteiger partial charge on any atom is -0.478 e. The summed E-state index contributed by atoms with van der Waals surface area (Å²) in [6.45, 7) is 0.520. The normalized spacial score (nSPS) is 9.56. The third kappa shape index (κ3) is 3.61. The highest BCUT2D eigenvalue weighted by Gasteiger charge is 2.01. The molecule has 0 spiro atoms. The number of hydrogen-bond donors (Lipinski definition) is 3. The van der Waals surface area contributed by atoms with E-state index in [1.165, 1.54) is 12.1 Å². The van der Waals surface area contributed by atoms with Gasteiger partial charge in [0.1, 0.15) is 0 Å². The Morgan fingerprint density at radius 3 is 2.38 bits per heavy atom. The van der Waals surface area contributed by atoms with Crippen LogP contribution in [0, 0.1) is 0 Å². The maximum absolute atomic E-state index is 10.9. The first-order chi connectivity index (χ1) is 7.63. The van der Waals surface area contributed by atoms with Crippen molar-refractivity contribution in [3.05, 3.63) is 29.8 Å². The van der Waals surface area contributed by atoms with Gasteiger partial charge >= 0.3 is 5.97 Å². The Kier molecular flexibility index (Phi) is 4.32. The Balaban J connectivity index is 2.43. The zero-order valence-electron chi connectivity index (χ0n) is 8.99. The molecule has 1 aromatic carbocycles. The number of aromatic carboxylic acids is 1. The second-order valence-corrected chi connectivity index (χ2v) is 3.23. The summed E-state index contributed by atoms with van der Waals surface area (Å²) in [5, 5.41) is 14.2. The third-order valence-electron chi connectivity index (χ3n) is 2.09. The summed E-state index contributed by atoms with van der Waals surface area (Å²) in [4.78, 5) is 21.5. The number of carboxylic acid groups (broad SMARTS) is 1. The predicted octanol–water partition coefficient (Wildman–Crippen LogP) is 0.933. The van der Waals surface area contributed by atoms with Crippen molar-refractivity contribution in [3.8, 4) is 0 Å². The van der Waals surface area contributed by atoms with Gasteiger partial charge in [0.15, 0.2) is 0 Å². The van der Waals surface area contributed by atoms with E-state index in [1.807, 2.05) is 0 Å². The maximum Gasteiger partial charge on any atom is 0.335 e. The van der Waals surface area contributed by atoms with Gasteiger partial charge in [0.25, 0.3) is 0 Å². The van der Waals surface area contributed by atoms with E-state index in [-0.39, 0.29) is 11.5 Å². The molecule has 0 atom stereocenters. The van der Waals surface area contributed by atoms with E-state index in [1.54, 1.807) is 19.2 Å². The van der Waals surface area contributed by atoms with E-state index >= 15 is 0 Å². The van der Waals surface area contributed by atoms with Crippen LogP contribution in [0.5, 0.6) is 0 Å². The molecule has 0 saturated carbocycles. The molecule has 5 nitrogen and oxygen atoms in total. The standard InChI is InChI=1S/C11H14N2O3/c1-12-10(14)6-7-13-9-4-2-8(3-5-9)11(15)16/h2-5,13H,6-7H2,1H3,(H,12,14)(H,15,16). The van der Waals surface area contributed by atoms with Crippen molar-refractivity contribution in [3.63, 3.8) is 0 Å². The summed E-state index contributed by atoms with van der Waals surface area (Å²) in [5.74, 6) is -0.980. The van der Waals surface area contributed by atoms with Crippen molar-refractivity contribution in [2.45, 2.75) is 6.42 Å². The fraction of sp³-hybridized carbons (Fsp3) is 0.273. The lowest BCUT2D eigenvalue weighted by atomic mass is 10.2. The molecular weight excluding hydrogens is 208 g/mol. The van der Waals surface area contributed by atoms with Gasteiger partial charge in [-0.3, -0.25) is 4.79 Å². The van der Waals surface area contributed by atoms with E-state index in [0.29, 0.717) is 13.0 Å². The van der Waals surface area contributed by atoms with Crippen LogP contribution in [0.25, 0.3) is 0 Å². The molecule has 16 heavy (non-hydrogen) atoms. The van der Waals surface area contributed by atoms with Crippen molar-refractivity contribution in [2.75, 3.05) is 18.9 Å². The van der Waals surface area contributed by atoms with Gasteiger partial charge in [-0.2, -0.15) is 0 Å². The summed E-state index contributed by atoms with van der Waals surface area (Å²) in [6, 6.07) is 6.38. The van der Waals surface area contributed by atoms with Gasteiger partial charge < -0.3 is 15.7 Å². The lowest BCUT2D eigenvalue weighted by Gasteiger charge is -2.05. The lowest BCUT2D eigenvalue weighted by Crippen LogP contribution is -2.20. The monoisotopic (exact) mass is 222 g/mol. The Bertz CT molecular complexity index is 373. The Labute approximate surface area is 93.5 Å². The van der Waals surface area contributed by atoms with E-state index in [9.17, 15) is 9.59 Å². The topological polar surface area (TPSA) is 78.4 Å². The summed E-state index contributed by atoms with van der Waals surface area (Å²) in [5.41, 5.74) is 1.05. The van der Waals surface area contributed by atoms with E-state index in [2.05, 4.69) is 10.6 Å². The molecule has 0 bridgehead atoms. The molecule has 0 aliphatic heterocycles. The average Bonchev–Trinajstić information content (AvgIpc) is 2.29. The molecule has 0 unspecified atom stereocenters. The number of anilines is 1. The summed E-state index contributed by atoms with van der Waals surface area (Å²) >= 11 is 0. The van der Waals surface area contributed by atoms with Crippen molar-refractivity contribution in [1.82, 2.24) is 5.32 Å². The SMILES string of the molecule is CNC(=O)CCNc1ccc(C(=O)O)cc1. The van der Waals surface area contributed by atoms with Crippen LogP contribution < -0.4 is 10.6 Å². The summed E-state index contributed by atoms with van der Waals surface area (Å²) in [6.07, 6.45) is 0.386. The van der Waals surface area contributed by atoms with Gasteiger partial charge in [-0.05, 0) is 24.3 Å². The number of benzene rings is 1. The van der Waals surface area contributed by atoms with Gasteiger partial charge in [-0.25, -0.2) is 4.79 Å². The molecule has 0 saturated heterocycles. The first-order valence-corrected chi connectivity index (χ1v) is 4.91. The molecule has 0 aromatic heterocycles. The summed E-state index contributed by atoms with van der Waals surface area (Å²) < 4.78 is 0. The molecule has 86 valence electrons. The van der Waals surface area contributed by atoms with Crippen molar-refractivity contribution >= 4 is 17.6 Å². The van der Waals surface area contributed by atoms with Crippen LogP contribution >= 0.6 is 0 Å². The first kappa shape index (κ1) is 12.0. The third-order valence-corrected chi connectivity index (χ3v) is 2.09. The largest absolute Gasteiger partial charge is 0.478 e. The molecule has 0 fully saturated rings. The molecule has 1 amide bonds. The van der Waals surface area contributed by atoms with E-state index in [4.69, 9.17) is 5.11 Å². The zero-order chi connectivity index (χ0) is 12.0. The van der Waals surface area contributed by atoms with Crippen LogP contribution in [0.3, 0.4) is 0 Å². The van der Waals surface area contributed by atoms with Crippen LogP contribution in [-0.4, -0.2) is 30.6 Å². The second kappa shape index (κ2) is 5.75. The number of hydrogen-bond acceptors (Lipinski definition) is 3. The molecule has 0 aliphatic rings. The number of rotatable bonds is 5. The van der Waals surface area contributed by atoms with Crippen LogP contribution in [0.4, 0.5) is 5.69 Å². The van der Waals surface area contributed by atoms with Crippen LogP contribution in [0.2, 0.25) is 0 Å². The molecular formula is C11H14N2O3. The molecule has 5 heteroatoms. The Hall–Kier alpha value is -2.04. The molecule has 3 N–H and O–H groups in total. The first-order valence-electron chi connectivity index (χ1n) is 4.91. The number of carbonyl (C=O) groups is 2.